The fourth-order valence-electron chi connectivity index (χ4n) is 0.890. The maximum absolute atomic E-state index is 5.77. The SMILES string of the molecule is NN/N=C(\N)c1cccc(Cl)c1N. The van der Waals surface area contributed by atoms with Crippen LogP contribution < -0.4 is 22.8 Å². The Morgan fingerprint density at radius 3 is 2.77 bits per heavy atom. The van der Waals surface area contributed by atoms with Crippen LogP contribution in [-0.2, 0) is 0 Å². The third kappa shape index (κ3) is 2.01. The molecule has 70 valence electrons. The summed E-state index contributed by atoms with van der Waals surface area (Å²) < 4.78 is 0. The van der Waals surface area contributed by atoms with Crippen LogP contribution >= 0.6 is 11.6 Å². The van der Waals surface area contributed by atoms with E-state index in [4.69, 9.17) is 28.9 Å². The van der Waals surface area contributed by atoms with Crippen molar-refractivity contribution in [2.75, 3.05) is 5.73 Å². The van der Waals surface area contributed by atoms with Crippen LogP contribution in [0.25, 0.3) is 0 Å². The maximum Gasteiger partial charge on any atom is 0.154 e. The average Bonchev–Trinajstić information content (AvgIpc) is 2.10. The summed E-state index contributed by atoms with van der Waals surface area (Å²) in [5.41, 5.74) is 14.2. The molecule has 0 aliphatic rings. The molecule has 0 radical (unpaired) electrons. The highest BCUT2D eigenvalue weighted by molar-refractivity contribution is 6.34. The minimum Gasteiger partial charge on any atom is -0.397 e. The molecule has 1 aromatic rings. The number of nitrogens with two attached hydrogens (primary N) is 3. The molecule has 0 saturated heterocycles. The van der Waals surface area contributed by atoms with Gasteiger partial charge in [0.05, 0.1) is 10.7 Å². The number of nitrogens with one attached hydrogen (secondary N) is 1. The van der Waals surface area contributed by atoms with Crippen LogP contribution in [0.2, 0.25) is 5.02 Å². The van der Waals surface area contributed by atoms with Gasteiger partial charge in [-0.2, -0.15) is 0 Å². The Hall–Kier alpha value is -1.46. The number of anilines is 1. The maximum atomic E-state index is 5.77. The lowest BCUT2D eigenvalue weighted by Gasteiger charge is -2.05. The number of hydrogen-bond donors (Lipinski definition) is 4. The van der Waals surface area contributed by atoms with Crippen LogP contribution in [-0.4, -0.2) is 5.84 Å². The predicted molar refractivity (Wildman–Crippen MR) is 53.9 cm³/mol. The molecule has 0 spiro atoms. The van der Waals surface area contributed by atoms with Crippen molar-refractivity contribution in [2.24, 2.45) is 16.7 Å². The topological polar surface area (TPSA) is 102 Å². The van der Waals surface area contributed by atoms with Gasteiger partial charge in [0.2, 0.25) is 0 Å². The Bertz CT molecular complexity index is 336. The van der Waals surface area contributed by atoms with E-state index in [0.29, 0.717) is 16.3 Å². The average molecular weight is 200 g/mol. The molecular weight excluding hydrogens is 190 g/mol. The van der Waals surface area contributed by atoms with Crippen LogP contribution in [0.3, 0.4) is 0 Å². The van der Waals surface area contributed by atoms with Gasteiger partial charge in [-0.1, -0.05) is 17.7 Å². The minimum absolute atomic E-state index is 0.197. The van der Waals surface area contributed by atoms with Gasteiger partial charge in [0.1, 0.15) is 0 Å². The number of hydrogen-bond acceptors (Lipinski definition) is 4. The number of amidine groups is 1. The standard InChI is InChI=1S/C7H10ClN5/c8-5-3-1-2-4(6(5)9)7(10)12-13-11/h1-3,13H,9,11H2,(H2,10,12). The van der Waals surface area contributed by atoms with E-state index in [2.05, 4.69) is 10.6 Å². The number of benzene rings is 1. The van der Waals surface area contributed by atoms with E-state index in [-0.39, 0.29) is 5.84 Å². The summed E-state index contributed by atoms with van der Waals surface area (Å²) in [6, 6.07) is 5.11. The molecule has 5 nitrogen and oxygen atoms in total. The number of halogens is 1. The lowest BCUT2D eigenvalue weighted by molar-refractivity contribution is 0.804. The second-order valence-electron chi connectivity index (χ2n) is 2.33. The molecular formula is C7H10ClN5. The Morgan fingerprint density at radius 1 is 1.46 bits per heavy atom. The Morgan fingerprint density at radius 2 is 2.15 bits per heavy atom. The first-order chi connectivity index (χ1) is 6.16. The third-order valence-corrected chi connectivity index (χ3v) is 1.84. The Balaban J connectivity index is 3.15. The second-order valence-corrected chi connectivity index (χ2v) is 2.73. The molecule has 0 heterocycles. The van der Waals surface area contributed by atoms with Gasteiger partial charge in [0.25, 0.3) is 0 Å². The van der Waals surface area contributed by atoms with Crippen molar-refractivity contribution in [1.29, 1.82) is 0 Å². The fourth-order valence-corrected chi connectivity index (χ4v) is 1.06. The molecule has 0 saturated carbocycles. The summed E-state index contributed by atoms with van der Waals surface area (Å²) in [5.74, 6) is 5.16. The number of nitrogens with zero attached hydrogens (tertiary/aromatic N) is 1. The second kappa shape index (κ2) is 3.97. The molecule has 6 heteroatoms. The van der Waals surface area contributed by atoms with E-state index in [0.717, 1.165) is 0 Å². The van der Waals surface area contributed by atoms with Crippen LogP contribution in [0, 0.1) is 0 Å². The number of nitrogen functional groups attached to an aromatic ring is 1. The minimum atomic E-state index is 0.197. The number of hydrazine groups is 1. The lowest BCUT2D eigenvalue weighted by atomic mass is 10.1. The summed E-state index contributed by atoms with van der Waals surface area (Å²) in [7, 11) is 0. The summed E-state index contributed by atoms with van der Waals surface area (Å²) in [5, 5.41) is 4.02. The largest absolute Gasteiger partial charge is 0.397 e. The van der Waals surface area contributed by atoms with Gasteiger partial charge in [-0.25, -0.2) is 11.4 Å². The Kier molecular flexibility index (Phi) is 2.94. The molecule has 0 amide bonds. The van der Waals surface area contributed by atoms with Crippen molar-refractivity contribution in [2.45, 2.75) is 0 Å². The molecule has 1 aromatic carbocycles. The summed E-state index contributed by atoms with van der Waals surface area (Å²) in [4.78, 5) is 0. The van der Waals surface area contributed by atoms with Gasteiger partial charge in [-0.05, 0) is 12.1 Å². The molecule has 0 atom stereocenters. The van der Waals surface area contributed by atoms with E-state index in [1.165, 1.54) is 0 Å². The highest BCUT2D eigenvalue weighted by atomic mass is 35.5. The molecule has 0 unspecified atom stereocenters. The van der Waals surface area contributed by atoms with Gasteiger partial charge in [0.15, 0.2) is 5.84 Å². The first-order valence-corrected chi connectivity index (χ1v) is 3.87. The predicted octanol–water partition coefficient (Wildman–Crippen LogP) is 0.00580. The lowest BCUT2D eigenvalue weighted by Crippen LogP contribution is -2.23. The van der Waals surface area contributed by atoms with Gasteiger partial charge in [-0.15, -0.1) is 5.10 Å². The summed E-state index contributed by atoms with van der Waals surface area (Å²) in [6.45, 7) is 0. The molecule has 0 aromatic heterocycles. The van der Waals surface area contributed by atoms with Crippen molar-refractivity contribution < 1.29 is 0 Å². The first-order valence-electron chi connectivity index (χ1n) is 3.50. The molecule has 0 aliphatic heterocycles. The quantitative estimate of drug-likeness (QED) is 0.177. The molecule has 0 bridgehead atoms. The number of para-hydroxylation sites is 1. The van der Waals surface area contributed by atoms with Crippen molar-refractivity contribution in [3.63, 3.8) is 0 Å². The highest BCUT2D eigenvalue weighted by Gasteiger charge is 2.05. The smallest absolute Gasteiger partial charge is 0.154 e. The van der Waals surface area contributed by atoms with E-state index >= 15 is 0 Å². The van der Waals surface area contributed by atoms with E-state index in [9.17, 15) is 0 Å². The van der Waals surface area contributed by atoms with Crippen molar-refractivity contribution in [3.8, 4) is 0 Å². The van der Waals surface area contributed by atoms with Crippen LogP contribution in [0.4, 0.5) is 5.69 Å². The van der Waals surface area contributed by atoms with Gasteiger partial charge in [0, 0.05) is 5.56 Å². The number of rotatable bonds is 2. The van der Waals surface area contributed by atoms with Crippen molar-refractivity contribution >= 4 is 23.1 Å². The summed E-state index contributed by atoms with van der Waals surface area (Å²) in [6.07, 6.45) is 0. The molecule has 1 rings (SSSR count). The van der Waals surface area contributed by atoms with E-state index in [1.807, 2.05) is 0 Å². The Labute approximate surface area is 80.5 Å². The van der Waals surface area contributed by atoms with Gasteiger partial charge >= 0.3 is 0 Å². The van der Waals surface area contributed by atoms with Crippen LogP contribution in [0.1, 0.15) is 5.56 Å². The molecule has 13 heavy (non-hydrogen) atoms. The fraction of sp³-hybridized carbons (Fsp3) is 0. The zero-order valence-corrected chi connectivity index (χ0v) is 7.55. The first kappa shape index (κ1) is 9.63. The van der Waals surface area contributed by atoms with Crippen molar-refractivity contribution in [3.05, 3.63) is 28.8 Å². The van der Waals surface area contributed by atoms with E-state index in [1.54, 1.807) is 18.2 Å². The van der Waals surface area contributed by atoms with Crippen LogP contribution in [0.5, 0.6) is 0 Å². The zero-order chi connectivity index (χ0) is 9.84. The van der Waals surface area contributed by atoms with Gasteiger partial charge < -0.3 is 11.5 Å². The third-order valence-electron chi connectivity index (χ3n) is 1.51. The zero-order valence-electron chi connectivity index (χ0n) is 6.79. The molecule has 7 N–H and O–H groups in total. The molecule has 0 aliphatic carbocycles. The van der Waals surface area contributed by atoms with Crippen LogP contribution in [0.15, 0.2) is 23.3 Å². The summed E-state index contributed by atoms with van der Waals surface area (Å²) >= 11 is 5.77. The highest BCUT2D eigenvalue weighted by Crippen LogP contribution is 2.21. The molecule has 0 fully saturated rings. The number of hydrazone groups is 1. The monoisotopic (exact) mass is 199 g/mol. The van der Waals surface area contributed by atoms with Gasteiger partial charge in [-0.3, -0.25) is 0 Å². The van der Waals surface area contributed by atoms with E-state index < -0.39 is 0 Å². The van der Waals surface area contributed by atoms with Crippen molar-refractivity contribution in [1.82, 2.24) is 5.53 Å². The normalized spacial score (nSPS) is 11.4.